The van der Waals surface area contributed by atoms with Crippen molar-refractivity contribution >= 4 is 0 Å². The summed E-state index contributed by atoms with van der Waals surface area (Å²) in [4.78, 5) is 0. The highest BCUT2D eigenvalue weighted by molar-refractivity contribution is 4.92. The minimum absolute atomic E-state index is 0.0840. The molecule has 4 aliphatic rings. The largest absolute Gasteiger partial charge is 0.352 e. The summed E-state index contributed by atoms with van der Waals surface area (Å²) in [6.07, 6.45) is 12.2. The number of hydrogen-bond donors (Lipinski definition) is 0. The Morgan fingerprint density at radius 1 is 0.613 bits per heavy atom. The third-order valence-corrected chi connectivity index (χ3v) is 7.79. The molecule has 0 amide bonds. The lowest BCUT2D eigenvalue weighted by atomic mass is 9.69. The molecule has 31 heavy (non-hydrogen) atoms. The van der Waals surface area contributed by atoms with E-state index in [2.05, 4.69) is 6.08 Å². The van der Waals surface area contributed by atoms with Gasteiger partial charge in [0.25, 0.3) is 6.08 Å². The summed E-state index contributed by atoms with van der Waals surface area (Å²) in [5, 5.41) is 0. The van der Waals surface area contributed by atoms with E-state index in [1.807, 2.05) is 13.0 Å². The number of rotatable bonds is 5. The fourth-order valence-electron chi connectivity index (χ4n) is 6.00. The average molecular weight is 441 g/mol. The van der Waals surface area contributed by atoms with E-state index in [1.165, 1.54) is 18.9 Å². The molecule has 0 N–H and O–H groups in total. The van der Waals surface area contributed by atoms with Gasteiger partial charge in [-0.25, -0.2) is 0 Å². The molecule has 0 spiro atoms. The predicted molar refractivity (Wildman–Crippen MR) is 114 cm³/mol. The second-order valence-corrected chi connectivity index (χ2v) is 9.92. The van der Waals surface area contributed by atoms with Crippen LogP contribution in [0.15, 0.2) is 24.3 Å². The molecule has 4 rings (SSSR count). The van der Waals surface area contributed by atoms with Crippen molar-refractivity contribution in [2.75, 3.05) is 26.4 Å². The van der Waals surface area contributed by atoms with Crippen LogP contribution in [0.2, 0.25) is 0 Å². The van der Waals surface area contributed by atoms with Crippen molar-refractivity contribution in [2.45, 2.75) is 70.9 Å². The molecule has 0 aromatic carbocycles. The SMILES string of the molecule is C/C=C/C1COC(C2COC(C3CCC(C4CCC(C=C(F)F)CC4)CC3)OC2)OC1. The second-order valence-electron chi connectivity index (χ2n) is 9.92. The molecule has 176 valence electrons. The van der Waals surface area contributed by atoms with Gasteiger partial charge in [0.15, 0.2) is 12.6 Å². The Balaban J connectivity index is 1.15. The lowest BCUT2D eigenvalue weighted by Crippen LogP contribution is -2.46. The van der Waals surface area contributed by atoms with Crippen molar-refractivity contribution in [1.82, 2.24) is 0 Å². The predicted octanol–water partition coefficient (Wildman–Crippen LogP) is 5.93. The van der Waals surface area contributed by atoms with Crippen molar-refractivity contribution in [3.8, 4) is 0 Å². The van der Waals surface area contributed by atoms with Crippen molar-refractivity contribution in [3.63, 3.8) is 0 Å². The summed E-state index contributed by atoms with van der Waals surface area (Å²) in [6.45, 7) is 4.67. The van der Waals surface area contributed by atoms with Gasteiger partial charge in [-0.2, -0.15) is 8.78 Å². The van der Waals surface area contributed by atoms with Gasteiger partial charge in [0, 0.05) is 11.8 Å². The smallest absolute Gasteiger partial charge is 0.266 e. The standard InChI is InChI=1S/C25H38F2O4/c1-2-3-18-13-28-25(29-14-18)22-15-30-24(31-16-22)21-10-8-20(9-11-21)19-6-4-17(5-7-19)12-23(26)27/h2-3,12,17-22,24-25H,4-11,13-16H2,1H3/b3-2+. The average Bonchev–Trinajstić information content (AvgIpc) is 2.80. The minimum atomic E-state index is -1.52. The molecule has 2 aliphatic heterocycles. The Hall–Kier alpha value is -0.820. The van der Waals surface area contributed by atoms with Crippen LogP contribution >= 0.6 is 0 Å². The van der Waals surface area contributed by atoms with E-state index in [4.69, 9.17) is 18.9 Å². The highest BCUT2D eigenvalue weighted by Gasteiger charge is 2.38. The molecular weight excluding hydrogens is 402 g/mol. The zero-order valence-corrected chi connectivity index (χ0v) is 18.7. The quantitative estimate of drug-likeness (QED) is 0.496. The molecule has 0 bridgehead atoms. The molecule has 4 nitrogen and oxygen atoms in total. The van der Waals surface area contributed by atoms with Crippen molar-refractivity contribution in [2.24, 2.45) is 35.5 Å². The van der Waals surface area contributed by atoms with Crippen molar-refractivity contribution < 1.29 is 27.7 Å². The second kappa shape index (κ2) is 11.4. The van der Waals surface area contributed by atoms with Gasteiger partial charge in [-0.3, -0.25) is 0 Å². The fraction of sp³-hybridized carbons (Fsp3) is 0.840. The fourth-order valence-corrected chi connectivity index (χ4v) is 6.00. The minimum Gasteiger partial charge on any atom is -0.352 e. The van der Waals surface area contributed by atoms with Gasteiger partial charge >= 0.3 is 0 Å². The Kier molecular flexibility index (Phi) is 8.55. The van der Waals surface area contributed by atoms with Crippen LogP contribution in [-0.4, -0.2) is 39.0 Å². The summed E-state index contributed by atoms with van der Waals surface area (Å²) >= 11 is 0. The first-order valence-electron chi connectivity index (χ1n) is 12.2. The topological polar surface area (TPSA) is 36.9 Å². The lowest BCUT2D eigenvalue weighted by Gasteiger charge is -2.42. The third-order valence-electron chi connectivity index (χ3n) is 7.79. The summed E-state index contributed by atoms with van der Waals surface area (Å²) in [5.41, 5.74) is 0. The molecule has 2 heterocycles. The molecule has 0 unspecified atom stereocenters. The van der Waals surface area contributed by atoms with Gasteiger partial charge in [-0.05, 0) is 82.1 Å². The van der Waals surface area contributed by atoms with Gasteiger partial charge in [0.1, 0.15) is 0 Å². The van der Waals surface area contributed by atoms with Crippen molar-refractivity contribution in [1.29, 1.82) is 0 Å². The Morgan fingerprint density at radius 2 is 1.10 bits per heavy atom. The molecule has 0 atom stereocenters. The van der Waals surface area contributed by atoms with E-state index in [1.54, 1.807) is 0 Å². The Bertz CT molecular complexity index is 589. The van der Waals surface area contributed by atoms with Crippen LogP contribution in [0.4, 0.5) is 8.78 Å². The van der Waals surface area contributed by atoms with E-state index >= 15 is 0 Å². The van der Waals surface area contributed by atoms with E-state index in [0.29, 0.717) is 44.2 Å². The van der Waals surface area contributed by atoms with Gasteiger partial charge < -0.3 is 18.9 Å². The van der Waals surface area contributed by atoms with Gasteiger partial charge in [0.05, 0.1) is 32.3 Å². The number of halogens is 2. The molecule has 4 fully saturated rings. The molecule has 2 aliphatic carbocycles. The Labute approximate surface area is 185 Å². The summed E-state index contributed by atoms with van der Waals surface area (Å²) in [5.74, 6) is 2.47. The van der Waals surface area contributed by atoms with Crippen LogP contribution in [0, 0.1) is 35.5 Å². The van der Waals surface area contributed by atoms with Crippen LogP contribution in [0.1, 0.15) is 58.3 Å². The highest BCUT2D eigenvalue weighted by atomic mass is 19.3. The van der Waals surface area contributed by atoms with Crippen LogP contribution in [-0.2, 0) is 18.9 Å². The first-order chi connectivity index (χ1) is 15.1. The number of hydrogen-bond acceptors (Lipinski definition) is 4. The molecule has 0 radical (unpaired) electrons. The van der Waals surface area contributed by atoms with Crippen LogP contribution in [0.25, 0.3) is 0 Å². The first-order valence-corrected chi connectivity index (χ1v) is 12.2. The van der Waals surface area contributed by atoms with Crippen LogP contribution in [0.5, 0.6) is 0 Å². The van der Waals surface area contributed by atoms with E-state index in [-0.39, 0.29) is 24.4 Å². The zero-order chi connectivity index (χ0) is 21.6. The van der Waals surface area contributed by atoms with Gasteiger partial charge in [-0.1, -0.05) is 12.2 Å². The zero-order valence-electron chi connectivity index (χ0n) is 18.7. The maximum Gasteiger partial charge on any atom is 0.266 e. The Morgan fingerprint density at radius 3 is 1.65 bits per heavy atom. The summed E-state index contributed by atoms with van der Waals surface area (Å²) in [7, 11) is 0. The van der Waals surface area contributed by atoms with Gasteiger partial charge in [-0.15, -0.1) is 0 Å². The maximum absolute atomic E-state index is 12.5. The normalized spacial score (nSPS) is 42.4. The van der Waals surface area contributed by atoms with Crippen LogP contribution < -0.4 is 0 Å². The van der Waals surface area contributed by atoms with E-state index < -0.39 is 6.08 Å². The number of ether oxygens (including phenoxy) is 4. The van der Waals surface area contributed by atoms with E-state index in [9.17, 15) is 8.78 Å². The van der Waals surface area contributed by atoms with Crippen molar-refractivity contribution in [3.05, 3.63) is 24.3 Å². The molecule has 2 saturated carbocycles. The highest BCUT2D eigenvalue weighted by Crippen LogP contribution is 2.43. The number of allylic oxidation sites excluding steroid dienone is 2. The summed E-state index contributed by atoms with van der Waals surface area (Å²) < 4.78 is 49.0. The molecule has 2 saturated heterocycles. The third kappa shape index (κ3) is 6.37. The summed E-state index contributed by atoms with van der Waals surface area (Å²) in [6, 6.07) is 0. The molecule has 0 aromatic rings. The van der Waals surface area contributed by atoms with E-state index in [0.717, 1.165) is 44.4 Å². The maximum atomic E-state index is 12.5. The molecule has 6 heteroatoms. The monoisotopic (exact) mass is 440 g/mol. The van der Waals surface area contributed by atoms with Gasteiger partial charge in [0.2, 0.25) is 0 Å². The van der Waals surface area contributed by atoms with Crippen LogP contribution in [0.3, 0.4) is 0 Å². The molecule has 0 aromatic heterocycles. The first kappa shape index (κ1) is 23.3. The molecular formula is C25H38F2O4. The lowest BCUT2D eigenvalue weighted by molar-refractivity contribution is -0.289.